The van der Waals surface area contributed by atoms with Crippen LogP contribution in [0.3, 0.4) is 0 Å². The Morgan fingerprint density at radius 2 is 2.07 bits per heavy atom. The van der Waals surface area contributed by atoms with Gasteiger partial charge in [-0.05, 0) is 25.1 Å². The third-order valence-electron chi connectivity index (χ3n) is 2.09. The number of hydrogen-bond donors (Lipinski definition) is 3. The van der Waals surface area contributed by atoms with Crippen LogP contribution in [0, 0.1) is 0 Å². The number of aromatic hydroxyl groups is 1. The molecule has 4 N–H and O–H groups in total. The number of aliphatic hydroxyl groups is 1. The minimum absolute atomic E-state index is 0.108. The Morgan fingerprint density at radius 3 is 2.57 bits per heavy atom. The van der Waals surface area contributed by atoms with Gasteiger partial charge in [0, 0.05) is 5.56 Å². The molecule has 1 aromatic rings. The molecule has 0 unspecified atom stereocenters. The van der Waals surface area contributed by atoms with E-state index in [4.69, 9.17) is 10.5 Å². The van der Waals surface area contributed by atoms with Gasteiger partial charge in [0.05, 0.1) is 19.3 Å². The lowest BCUT2D eigenvalue weighted by molar-refractivity contribution is 0.162. The number of methoxy groups -OCH3 is 1. The molecule has 78 valence electrons. The molecule has 0 aliphatic heterocycles. The van der Waals surface area contributed by atoms with Crippen LogP contribution < -0.4 is 10.5 Å². The second-order valence-corrected chi connectivity index (χ2v) is 3.19. The maximum atomic E-state index is 9.32. The highest BCUT2D eigenvalue weighted by Gasteiger charge is 2.17. The molecule has 14 heavy (non-hydrogen) atoms. The van der Waals surface area contributed by atoms with Gasteiger partial charge in [-0.1, -0.05) is 0 Å². The number of hydrogen-bond acceptors (Lipinski definition) is 4. The topological polar surface area (TPSA) is 75.7 Å². The molecule has 0 fully saturated rings. The Hall–Kier alpha value is -1.26. The standard InChI is InChI=1S/C10H15NO3/c1-6(12)10(11)8-5-7(13)3-4-9(8)14-2/h3-6,10,12-13H,11H2,1-2H3/t6-,10+/m0/s1. The highest BCUT2D eigenvalue weighted by atomic mass is 16.5. The van der Waals surface area contributed by atoms with Crippen LogP contribution in [0.2, 0.25) is 0 Å². The number of nitrogens with two attached hydrogens (primary N) is 1. The molecule has 0 spiro atoms. The molecule has 0 heterocycles. The van der Waals surface area contributed by atoms with Crippen molar-refractivity contribution in [3.63, 3.8) is 0 Å². The Balaban J connectivity index is 3.10. The number of phenols is 1. The maximum absolute atomic E-state index is 9.32. The molecule has 1 rings (SSSR count). The van der Waals surface area contributed by atoms with Crippen molar-refractivity contribution in [1.29, 1.82) is 0 Å². The molecule has 0 radical (unpaired) electrons. The van der Waals surface area contributed by atoms with Crippen LogP contribution in [0.1, 0.15) is 18.5 Å². The van der Waals surface area contributed by atoms with Crippen molar-refractivity contribution in [1.82, 2.24) is 0 Å². The first kappa shape index (κ1) is 10.8. The molecule has 1 aromatic carbocycles. The molecule has 0 saturated carbocycles. The minimum atomic E-state index is -0.689. The molecular weight excluding hydrogens is 182 g/mol. The van der Waals surface area contributed by atoms with Crippen LogP contribution in [-0.2, 0) is 0 Å². The number of ether oxygens (including phenoxy) is 1. The average molecular weight is 197 g/mol. The monoisotopic (exact) mass is 197 g/mol. The zero-order valence-electron chi connectivity index (χ0n) is 8.27. The Kier molecular flexibility index (Phi) is 3.33. The predicted molar refractivity (Wildman–Crippen MR) is 53.3 cm³/mol. The van der Waals surface area contributed by atoms with E-state index in [9.17, 15) is 10.2 Å². The van der Waals surface area contributed by atoms with Crippen LogP contribution in [0.25, 0.3) is 0 Å². The average Bonchev–Trinajstić information content (AvgIpc) is 2.16. The lowest BCUT2D eigenvalue weighted by Crippen LogP contribution is -2.23. The zero-order valence-corrected chi connectivity index (χ0v) is 8.27. The third kappa shape index (κ3) is 2.16. The van der Waals surface area contributed by atoms with Crippen molar-refractivity contribution in [2.75, 3.05) is 7.11 Å². The van der Waals surface area contributed by atoms with E-state index in [0.717, 1.165) is 0 Å². The highest BCUT2D eigenvalue weighted by molar-refractivity contribution is 5.41. The van der Waals surface area contributed by atoms with Crippen molar-refractivity contribution in [3.8, 4) is 11.5 Å². The summed E-state index contributed by atoms with van der Waals surface area (Å²) >= 11 is 0. The zero-order chi connectivity index (χ0) is 10.7. The Morgan fingerprint density at radius 1 is 1.43 bits per heavy atom. The van der Waals surface area contributed by atoms with E-state index in [1.807, 2.05) is 0 Å². The van der Waals surface area contributed by atoms with Gasteiger partial charge in [0.25, 0.3) is 0 Å². The largest absolute Gasteiger partial charge is 0.508 e. The van der Waals surface area contributed by atoms with Gasteiger partial charge in [-0.15, -0.1) is 0 Å². The fraction of sp³-hybridized carbons (Fsp3) is 0.400. The maximum Gasteiger partial charge on any atom is 0.123 e. The van der Waals surface area contributed by atoms with E-state index in [1.165, 1.54) is 19.2 Å². The van der Waals surface area contributed by atoms with Crippen LogP contribution in [0.4, 0.5) is 0 Å². The molecule has 0 amide bonds. The van der Waals surface area contributed by atoms with E-state index >= 15 is 0 Å². The van der Waals surface area contributed by atoms with Gasteiger partial charge in [-0.3, -0.25) is 0 Å². The van der Waals surface area contributed by atoms with Gasteiger partial charge in [0.15, 0.2) is 0 Å². The quantitative estimate of drug-likeness (QED) is 0.669. The number of aliphatic hydroxyl groups excluding tert-OH is 1. The first-order valence-electron chi connectivity index (χ1n) is 4.36. The SMILES string of the molecule is COc1ccc(O)cc1[C@H](N)[C@H](C)O. The van der Waals surface area contributed by atoms with Crippen LogP contribution >= 0.6 is 0 Å². The fourth-order valence-corrected chi connectivity index (χ4v) is 1.24. The van der Waals surface area contributed by atoms with Crippen molar-refractivity contribution in [2.45, 2.75) is 19.1 Å². The lowest BCUT2D eigenvalue weighted by atomic mass is 10.0. The van der Waals surface area contributed by atoms with Gasteiger partial charge in [-0.2, -0.15) is 0 Å². The lowest BCUT2D eigenvalue weighted by Gasteiger charge is -2.18. The van der Waals surface area contributed by atoms with E-state index in [2.05, 4.69) is 0 Å². The second kappa shape index (κ2) is 4.30. The predicted octanol–water partition coefficient (Wildman–Crippen LogP) is 0.781. The van der Waals surface area contributed by atoms with E-state index in [0.29, 0.717) is 11.3 Å². The van der Waals surface area contributed by atoms with Gasteiger partial charge in [-0.25, -0.2) is 0 Å². The number of phenolic OH excluding ortho intramolecular Hbond substituents is 1. The van der Waals surface area contributed by atoms with Crippen molar-refractivity contribution in [2.24, 2.45) is 5.73 Å². The summed E-state index contributed by atoms with van der Waals surface area (Å²) in [5.74, 6) is 0.674. The van der Waals surface area contributed by atoms with Gasteiger partial charge in [0.2, 0.25) is 0 Å². The van der Waals surface area contributed by atoms with Gasteiger partial charge in [0.1, 0.15) is 11.5 Å². The first-order chi connectivity index (χ1) is 6.56. The fourth-order valence-electron chi connectivity index (χ4n) is 1.24. The summed E-state index contributed by atoms with van der Waals surface area (Å²) in [6.45, 7) is 1.59. The molecule has 4 nitrogen and oxygen atoms in total. The summed E-state index contributed by atoms with van der Waals surface area (Å²) in [6, 6.07) is 4.07. The summed E-state index contributed by atoms with van der Waals surface area (Å²) < 4.78 is 5.07. The molecule has 2 atom stereocenters. The van der Waals surface area contributed by atoms with Crippen LogP contribution in [0.15, 0.2) is 18.2 Å². The molecule has 0 bridgehead atoms. The van der Waals surface area contributed by atoms with Crippen LogP contribution in [0.5, 0.6) is 11.5 Å². The first-order valence-corrected chi connectivity index (χ1v) is 4.36. The van der Waals surface area contributed by atoms with Crippen molar-refractivity contribution < 1.29 is 14.9 Å². The molecule has 0 saturated heterocycles. The summed E-state index contributed by atoms with van der Waals surface area (Å²) in [4.78, 5) is 0. The molecular formula is C10H15NO3. The summed E-state index contributed by atoms with van der Waals surface area (Å²) in [6.07, 6.45) is -0.689. The second-order valence-electron chi connectivity index (χ2n) is 3.19. The molecule has 4 heteroatoms. The Labute approximate surface area is 82.9 Å². The van der Waals surface area contributed by atoms with Gasteiger partial charge >= 0.3 is 0 Å². The smallest absolute Gasteiger partial charge is 0.123 e. The third-order valence-corrected chi connectivity index (χ3v) is 2.09. The molecule has 0 aliphatic rings. The summed E-state index contributed by atoms with van der Waals surface area (Å²) in [7, 11) is 1.52. The Bertz CT molecular complexity index is 312. The molecule has 0 aliphatic carbocycles. The van der Waals surface area contributed by atoms with Crippen molar-refractivity contribution in [3.05, 3.63) is 23.8 Å². The van der Waals surface area contributed by atoms with Gasteiger partial charge < -0.3 is 20.7 Å². The van der Waals surface area contributed by atoms with Crippen LogP contribution in [-0.4, -0.2) is 23.4 Å². The number of rotatable bonds is 3. The van der Waals surface area contributed by atoms with E-state index < -0.39 is 12.1 Å². The molecule has 0 aromatic heterocycles. The van der Waals surface area contributed by atoms with Crippen molar-refractivity contribution >= 4 is 0 Å². The summed E-state index contributed by atoms with van der Waals surface area (Å²) in [5.41, 5.74) is 6.34. The number of benzene rings is 1. The van der Waals surface area contributed by atoms with E-state index in [-0.39, 0.29) is 5.75 Å². The summed E-state index contributed by atoms with van der Waals surface area (Å²) in [5, 5.41) is 18.6. The highest BCUT2D eigenvalue weighted by Crippen LogP contribution is 2.29. The van der Waals surface area contributed by atoms with E-state index in [1.54, 1.807) is 13.0 Å². The minimum Gasteiger partial charge on any atom is -0.508 e. The normalized spacial score (nSPS) is 14.9.